The van der Waals surface area contributed by atoms with Crippen molar-refractivity contribution in [1.82, 2.24) is 19.9 Å². The van der Waals surface area contributed by atoms with Gasteiger partial charge in [0.1, 0.15) is 0 Å². The van der Waals surface area contributed by atoms with Gasteiger partial charge in [0.05, 0.1) is 12.8 Å². The molecule has 1 saturated heterocycles. The Morgan fingerprint density at radius 1 is 1.14 bits per heavy atom. The Morgan fingerprint density at radius 3 is 2.64 bits per heavy atom. The topological polar surface area (TPSA) is 54.4 Å². The van der Waals surface area contributed by atoms with Gasteiger partial charge in [0, 0.05) is 55.7 Å². The quantitative estimate of drug-likeness (QED) is 0.827. The van der Waals surface area contributed by atoms with Crippen LogP contribution in [0.1, 0.15) is 5.69 Å². The van der Waals surface area contributed by atoms with Gasteiger partial charge in [0.25, 0.3) is 0 Å². The van der Waals surface area contributed by atoms with Crippen molar-refractivity contribution in [2.45, 2.75) is 6.54 Å². The Labute approximate surface area is 138 Å². The van der Waals surface area contributed by atoms with Gasteiger partial charge in [-0.15, -0.1) is 0 Å². The first-order valence-electron chi connectivity index (χ1n) is 7.19. The third kappa shape index (κ3) is 3.72. The summed E-state index contributed by atoms with van der Waals surface area (Å²) in [5, 5.41) is 0. The molecule has 0 atom stereocenters. The number of anilines is 1. The number of aromatic nitrogens is 3. The van der Waals surface area contributed by atoms with Gasteiger partial charge in [-0.3, -0.25) is 9.88 Å². The first-order valence-corrected chi connectivity index (χ1v) is 7.98. The van der Waals surface area contributed by atoms with Crippen LogP contribution >= 0.6 is 15.9 Å². The fraction of sp³-hybridized carbons (Fsp3) is 0.400. The number of hydrogen-bond donors (Lipinski definition) is 0. The van der Waals surface area contributed by atoms with Gasteiger partial charge >= 0.3 is 0 Å². The van der Waals surface area contributed by atoms with Crippen LogP contribution in [0, 0.1) is 0 Å². The molecule has 22 heavy (non-hydrogen) atoms. The molecule has 1 aliphatic rings. The number of halogens is 1. The third-order valence-electron chi connectivity index (χ3n) is 3.66. The summed E-state index contributed by atoms with van der Waals surface area (Å²) in [4.78, 5) is 17.7. The molecule has 2 aromatic rings. The fourth-order valence-corrected chi connectivity index (χ4v) is 2.67. The van der Waals surface area contributed by atoms with E-state index in [4.69, 9.17) is 4.74 Å². The maximum absolute atomic E-state index is 5.16. The Bertz CT molecular complexity index is 614. The first kappa shape index (κ1) is 15.2. The second-order valence-corrected chi connectivity index (χ2v) is 6.05. The van der Waals surface area contributed by atoms with Crippen molar-refractivity contribution in [3.63, 3.8) is 0 Å². The van der Waals surface area contributed by atoms with Gasteiger partial charge < -0.3 is 9.64 Å². The summed E-state index contributed by atoms with van der Waals surface area (Å²) in [7, 11) is 1.62. The Morgan fingerprint density at radius 2 is 1.95 bits per heavy atom. The van der Waals surface area contributed by atoms with Crippen LogP contribution in [-0.4, -0.2) is 53.1 Å². The number of rotatable bonds is 4. The Balaban J connectivity index is 1.56. The molecule has 0 radical (unpaired) electrons. The molecule has 1 fully saturated rings. The highest BCUT2D eigenvalue weighted by atomic mass is 79.9. The molecule has 0 amide bonds. The van der Waals surface area contributed by atoms with Crippen molar-refractivity contribution in [3.05, 3.63) is 40.8 Å². The van der Waals surface area contributed by atoms with Crippen molar-refractivity contribution < 1.29 is 4.74 Å². The Kier molecular flexibility index (Phi) is 4.84. The maximum atomic E-state index is 5.16. The SMILES string of the molecule is COc1ccnc(N2CCN(Cc3ccc(Br)cn3)CC2)n1. The minimum absolute atomic E-state index is 0.603. The van der Waals surface area contributed by atoms with Crippen molar-refractivity contribution in [2.24, 2.45) is 0 Å². The normalized spacial score (nSPS) is 15.8. The maximum Gasteiger partial charge on any atom is 0.228 e. The molecule has 116 valence electrons. The monoisotopic (exact) mass is 363 g/mol. The van der Waals surface area contributed by atoms with Crippen LogP contribution in [0.25, 0.3) is 0 Å². The summed E-state index contributed by atoms with van der Waals surface area (Å²) in [6, 6.07) is 5.85. The summed E-state index contributed by atoms with van der Waals surface area (Å²) in [6.07, 6.45) is 3.58. The van der Waals surface area contributed by atoms with E-state index < -0.39 is 0 Å². The van der Waals surface area contributed by atoms with E-state index in [1.807, 2.05) is 12.3 Å². The second kappa shape index (κ2) is 7.02. The van der Waals surface area contributed by atoms with E-state index in [1.165, 1.54) is 0 Å². The van der Waals surface area contributed by atoms with Crippen LogP contribution in [0.2, 0.25) is 0 Å². The minimum Gasteiger partial charge on any atom is -0.481 e. The van der Waals surface area contributed by atoms with Crippen LogP contribution in [0.5, 0.6) is 5.88 Å². The first-order chi connectivity index (χ1) is 10.7. The molecule has 6 nitrogen and oxygen atoms in total. The van der Waals surface area contributed by atoms with E-state index >= 15 is 0 Å². The lowest BCUT2D eigenvalue weighted by Gasteiger charge is -2.34. The summed E-state index contributed by atoms with van der Waals surface area (Å²) in [5.41, 5.74) is 1.09. The number of nitrogens with zero attached hydrogens (tertiary/aromatic N) is 5. The molecule has 0 unspecified atom stereocenters. The molecule has 0 aliphatic carbocycles. The van der Waals surface area contributed by atoms with Gasteiger partial charge in [-0.2, -0.15) is 4.98 Å². The molecule has 0 spiro atoms. The Hall–Kier alpha value is -1.73. The van der Waals surface area contributed by atoms with E-state index in [9.17, 15) is 0 Å². The number of ether oxygens (including phenoxy) is 1. The van der Waals surface area contributed by atoms with E-state index in [-0.39, 0.29) is 0 Å². The van der Waals surface area contributed by atoms with Crippen LogP contribution in [0.15, 0.2) is 35.1 Å². The van der Waals surface area contributed by atoms with Crippen LogP contribution in [-0.2, 0) is 6.54 Å². The fourth-order valence-electron chi connectivity index (χ4n) is 2.43. The molecule has 3 rings (SSSR count). The van der Waals surface area contributed by atoms with E-state index in [2.05, 4.69) is 46.7 Å². The van der Waals surface area contributed by atoms with E-state index in [0.717, 1.165) is 48.8 Å². The van der Waals surface area contributed by atoms with Crippen molar-refractivity contribution in [2.75, 3.05) is 38.2 Å². The lowest BCUT2D eigenvalue weighted by atomic mass is 10.3. The second-order valence-electron chi connectivity index (χ2n) is 5.13. The number of piperazine rings is 1. The smallest absolute Gasteiger partial charge is 0.228 e. The number of methoxy groups -OCH3 is 1. The predicted molar refractivity (Wildman–Crippen MR) is 88.0 cm³/mol. The minimum atomic E-state index is 0.603. The van der Waals surface area contributed by atoms with Crippen LogP contribution < -0.4 is 9.64 Å². The summed E-state index contributed by atoms with van der Waals surface area (Å²) < 4.78 is 6.17. The highest BCUT2D eigenvalue weighted by Crippen LogP contribution is 2.16. The molecular formula is C15H18BrN5O. The number of hydrogen-bond acceptors (Lipinski definition) is 6. The molecule has 3 heterocycles. The molecule has 0 N–H and O–H groups in total. The standard InChI is InChI=1S/C15H18BrN5O/c1-22-14-4-5-17-15(19-14)21-8-6-20(7-9-21)11-13-3-2-12(16)10-18-13/h2-5,10H,6-9,11H2,1H3. The van der Waals surface area contributed by atoms with Gasteiger partial charge in [0.15, 0.2) is 0 Å². The van der Waals surface area contributed by atoms with Crippen molar-refractivity contribution in [1.29, 1.82) is 0 Å². The van der Waals surface area contributed by atoms with E-state index in [1.54, 1.807) is 19.4 Å². The van der Waals surface area contributed by atoms with E-state index in [0.29, 0.717) is 5.88 Å². The predicted octanol–water partition coefficient (Wildman–Crippen LogP) is 1.96. The van der Waals surface area contributed by atoms with Crippen molar-refractivity contribution >= 4 is 21.9 Å². The summed E-state index contributed by atoms with van der Waals surface area (Å²) in [6.45, 7) is 4.63. The molecule has 2 aromatic heterocycles. The molecule has 7 heteroatoms. The average Bonchev–Trinajstić information content (AvgIpc) is 2.58. The lowest BCUT2D eigenvalue weighted by molar-refractivity contribution is 0.245. The largest absolute Gasteiger partial charge is 0.481 e. The molecule has 0 aromatic carbocycles. The zero-order chi connectivity index (χ0) is 15.4. The third-order valence-corrected chi connectivity index (χ3v) is 4.12. The van der Waals surface area contributed by atoms with Gasteiger partial charge in [0.2, 0.25) is 11.8 Å². The zero-order valence-electron chi connectivity index (χ0n) is 12.4. The summed E-state index contributed by atoms with van der Waals surface area (Å²) in [5.74, 6) is 1.34. The summed E-state index contributed by atoms with van der Waals surface area (Å²) >= 11 is 3.41. The van der Waals surface area contributed by atoms with Crippen molar-refractivity contribution in [3.8, 4) is 5.88 Å². The highest BCUT2D eigenvalue weighted by Gasteiger charge is 2.19. The zero-order valence-corrected chi connectivity index (χ0v) is 14.0. The van der Waals surface area contributed by atoms with Crippen LogP contribution in [0.3, 0.4) is 0 Å². The van der Waals surface area contributed by atoms with Gasteiger partial charge in [-0.05, 0) is 28.1 Å². The molecular weight excluding hydrogens is 346 g/mol. The molecule has 0 saturated carbocycles. The highest BCUT2D eigenvalue weighted by molar-refractivity contribution is 9.10. The van der Waals surface area contributed by atoms with Crippen LogP contribution in [0.4, 0.5) is 5.95 Å². The molecule has 1 aliphatic heterocycles. The average molecular weight is 364 g/mol. The lowest BCUT2D eigenvalue weighted by Crippen LogP contribution is -2.46. The van der Waals surface area contributed by atoms with Gasteiger partial charge in [-0.1, -0.05) is 0 Å². The molecule has 0 bridgehead atoms. The number of pyridine rings is 1. The van der Waals surface area contributed by atoms with Gasteiger partial charge in [-0.25, -0.2) is 4.98 Å².